The zero-order valence-corrected chi connectivity index (χ0v) is 19.6. The Hall–Kier alpha value is -2.12. The van der Waals surface area contributed by atoms with Crippen molar-refractivity contribution in [1.29, 1.82) is 0 Å². The Kier molecular flexibility index (Phi) is 6.29. The van der Waals surface area contributed by atoms with E-state index in [0.717, 1.165) is 51.1 Å². The van der Waals surface area contributed by atoms with Gasteiger partial charge in [-0.05, 0) is 55.6 Å². The van der Waals surface area contributed by atoms with Gasteiger partial charge in [0.05, 0.1) is 10.3 Å². The number of piperidine rings is 1. The van der Waals surface area contributed by atoms with Crippen molar-refractivity contribution >= 4 is 50.7 Å². The van der Waals surface area contributed by atoms with Crippen LogP contribution in [-0.2, 0) is 0 Å². The molecular formula is C23H28N4OS2. The second-order valence-corrected chi connectivity index (χ2v) is 9.86. The molecule has 3 aromatic rings. The van der Waals surface area contributed by atoms with Gasteiger partial charge in [-0.25, -0.2) is 9.97 Å². The average molecular weight is 441 g/mol. The number of para-hydroxylation sites is 1. The Bertz CT molecular complexity index is 1070. The first-order chi connectivity index (χ1) is 14.5. The molecule has 0 atom stereocenters. The number of benzene rings is 1. The number of rotatable bonds is 5. The van der Waals surface area contributed by atoms with Gasteiger partial charge in [0.15, 0.2) is 5.16 Å². The van der Waals surface area contributed by atoms with Crippen molar-refractivity contribution in [2.45, 2.75) is 51.1 Å². The van der Waals surface area contributed by atoms with Crippen molar-refractivity contribution in [2.24, 2.45) is 0 Å². The predicted octanol–water partition coefficient (Wildman–Crippen LogP) is 6.09. The van der Waals surface area contributed by atoms with Gasteiger partial charge in [-0.3, -0.25) is 4.79 Å². The largest absolute Gasteiger partial charge is 0.356 e. The summed E-state index contributed by atoms with van der Waals surface area (Å²) in [5.41, 5.74) is 3.15. The van der Waals surface area contributed by atoms with Crippen LogP contribution in [0.2, 0.25) is 0 Å². The first-order valence-corrected chi connectivity index (χ1v) is 12.5. The number of thiophene rings is 1. The zero-order chi connectivity index (χ0) is 21.3. The van der Waals surface area contributed by atoms with Gasteiger partial charge in [0.25, 0.3) is 5.91 Å². The molecule has 0 bridgehead atoms. The molecule has 4 rings (SSSR count). The van der Waals surface area contributed by atoms with Crippen molar-refractivity contribution in [1.82, 2.24) is 9.97 Å². The first-order valence-electron chi connectivity index (χ1n) is 10.5. The summed E-state index contributed by atoms with van der Waals surface area (Å²) < 4.78 is 0. The SMILES string of the molecule is CSc1nc(N2CCCCC2)c2cc(C(=O)Nc3c(C)cccc3C(C)C)sc2n1. The number of thioether (sulfide) groups is 1. The lowest BCUT2D eigenvalue weighted by atomic mass is 9.98. The van der Waals surface area contributed by atoms with Crippen molar-refractivity contribution in [2.75, 3.05) is 29.6 Å². The van der Waals surface area contributed by atoms with E-state index >= 15 is 0 Å². The maximum Gasteiger partial charge on any atom is 0.265 e. The molecule has 0 unspecified atom stereocenters. The first kappa shape index (κ1) is 21.1. The fourth-order valence-electron chi connectivity index (χ4n) is 3.95. The standard InChI is InChI=1S/C23H28N4OS2/c1-14(2)16-10-8-9-15(3)19(16)24-21(28)18-13-17-20(27-11-6-5-7-12-27)25-23(29-4)26-22(17)30-18/h8-10,13-14H,5-7,11-12H2,1-4H3,(H,24,28). The van der Waals surface area contributed by atoms with Gasteiger partial charge in [0.1, 0.15) is 10.6 Å². The second-order valence-electron chi connectivity index (χ2n) is 8.06. The molecule has 1 N–H and O–H groups in total. The number of fused-ring (bicyclic) bond motifs is 1. The monoisotopic (exact) mass is 440 g/mol. The van der Waals surface area contributed by atoms with Crippen LogP contribution in [0.1, 0.15) is 59.8 Å². The van der Waals surface area contributed by atoms with E-state index in [0.29, 0.717) is 10.8 Å². The number of amides is 1. The van der Waals surface area contributed by atoms with E-state index in [1.807, 2.05) is 31.4 Å². The summed E-state index contributed by atoms with van der Waals surface area (Å²) in [6.45, 7) is 8.36. The summed E-state index contributed by atoms with van der Waals surface area (Å²) >= 11 is 3.00. The molecule has 0 spiro atoms. The van der Waals surface area contributed by atoms with E-state index in [1.54, 1.807) is 11.8 Å². The fourth-order valence-corrected chi connectivity index (χ4v) is 5.29. The molecule has 1 aliphatic rings. The minimum Gasteiger partial charge on any atom is -0.356 e. The third-order valence-electron chi connectivity index (χ3n) is 5.58. The topological polar surface area (TPSA) is 58.1 Å². The van der Waals surface area contributed by atoms with Gasteiger partial charge in [-0.2, -0.15) is 0 Å². The molecule has 158 valence electrons. The molecule has 2 aromatic heterocycles. The van der Waals surface area contributed by atoms with E-state index in [4.69, 9.17) is 4.98 Å². The normalized spacial score (nSPS) is 14.5. The van der Waals surface area contributed by atoms with Gasteiger partial charge in [0, 0.05) is 18.8 Å². The number of aromatic nitrogens is 2. The van der Waals surface area contributed by atoms with Crippen LogP contribution in [0.15, 0.2) is 29.4 Å². The molecule has 5 nitrogen and oxygen atoms in total. The number of hydrogen-bond donors (Lipinski definition) is 1. The number of carbonyl (C=O) groups is 1. The highest BCUT2D eigenvalue weighted by atomic mass is 32.2. The predicted molar refractivity (Wildman–Crippen MR) is 128 cm³/mol. The van der Waals surface area contributed by atoms with Crippen LogP contribution < -0.4 is 10.2 Å². The van der Waals surface area contributed by atoms with Crippen molar-refractivity contribution in [3.05, 3.63) is 40.3 Å². The van der Waals surface area contributed by atoms with Crippen LogP contribution in [0.5, 0.6) is 0 Å². The number of aryl methyl sites for hydroxylation is 1. The number of anilines is 2. The highest BCUT2D eigenvalue weighted by Crippen LogP contribution is 2.35. The Morgan fingerprint density at radius 2 is 1.97 bits per heavy atom. The van der Waals surface area contributed by atoms with Crippen molar-refractivity contribution < 1.29 is 4.79 Å². The fraction of sp³-hybridized carbons (Fsp3) is 0.435. The quantitative estimate of drug-likeness (QED) is 0.384. The van der Waals surface area contributed by atoms with Crippen LogP contribution in [0, 0.1) is 6.92 Å². The molecule has 0 radical (unpaired) electrons. The number of nitrogens with one attached hydrogen (secondary N) is 1. The molecule has 1 saturated heterocycles. The molecule has 1 aliphatic heterocycles. The lowest BCUT2D eigenvalue weighted by molar-refractivity contribution is 0.103. The van der Waals surface area contributed by atoms with Gasteiger partial charge in [-0.1, -0.05) is 43.8 Å². The minimum atomic E-state index is -0.0792. The highest BCUT2D eigenvalue weighted by Gasteiger charge is 2.21. The molecule has 0 saturated carbocycles. The summed E-state index contributed by atoms with van der Waals surface area (Å²) in [5.74, 6) is 1.23. The van der Waals surface area contributed by atoms with Crippen LogP contribution in [0.25, 0.3) is 10.2 Å². The van der Waals surface area contributed by atoms with Gasteiger partial charge < -0.3 is 10.2 Å². The Labute approximate surface area is 186 Å². The van der Waals surface area contributed by atoms with Crippen molar-refractivity contribution in [3.8, 4) is 0 Å². The summed E-state index contributed by atoms with van der Waals surface area (Å²) in [6, 6.07) is 8.14. The van der Waals surface area contributed by atoms with E-state index in [-0.39, 0.29) is 5.91 Å². The molecule has 30 heavy (non-hydrogen) atoms. The van der Waals surface area contributed by atoms with Gasteiger partial charge in [-0.15, -0.1) is 11.3 Å². The molecule has 7 heteroatoms. The minimum absolute atomic E-state index is 0.0792. The molecular weight excluding hydrogens is 412 g/mol. The van der Waals surface area contributed by atoms with Crippen LogP contribution in [0.4, 0.5) is 11.5 Å². The zero-order valence-electron chi connectivity index (χ0n) is 18.0. The van der Waals surface area contributed by atoms with E-state index in [9.17, 15) is 4.79 Å². The van der Waals surface area contributed by atoms with Crippen LogP contribution in [-0.4, -0.2) is 35.2 Å². The average Bonchev–Trinajstić information content (AvgIpc) is 3.19. The molecule has 1 fully saturated rings. The van der Waals surface area contributed by atoms with E-state index < -0.39 is 0 Å². The molecule has 0 aliphatic carbocycles. The number of carbonyl (C=O) groups excluding carboxylic acids is 1. The lowest BCUT2D eigenvalue weighted by Crippen LogP contribution is -2.30. The number of nitrogens with zero attached hydrogens (tertiary/aromatic N) is 3. The summed E-state index contributed by atoms with van der Waals surface area (Å²) in [5, 5.41) is 4.92. The lowest BCUT2D eigenvalue weighted by Gasteiger charge is -2.28. The van der Waals surface area contributed by atoms with Gasteiger partial charge in [0.2, 0.25) is 0 Å². The maximum atomic E-state index is 13.2. The Balaban J connectivity index is 1.71. The Morgan fingerprint density at radius 1 is 1.20 bits per heavy atom. The van der Waals surface area contributed by atoms with E-state index in [2.05, 4.69) is 35.1 Å². The maximum absolute atomic E-state index is 13.2. The third kappa shape index (κ3) is 4.18. The van der Waals surface area contributed by atoms with E-state index in [1.165, 1.54) is 30.6 Å². The van der Waals surface area contributed by atoms with Crippen LogP contribution >= 0.6 is 23.1 Å². The van der Waals surface area contributed by atoms with Crippen LogP contribution in [0.3, 0.4) is 0 Å². The van der Waals surface area contributed by atoms with Crippen molar-refractivity contribution in [3.63, 3.8) is 0 Å². The smallest absolute Gasteiger partial charge is 0.265 e. The molecule has 3 heterocycles. The molecule has 1 aromatic carbocycles. The second kappa shape index (κ2) is 8.94. The molecule has 1 amide bonds. The summed E-state index contributed by atoms with van der Waals surface area (Å²) in [4.78, 5) is 26.6. The third-order valence-corrected chi connectivity index (χ3v) is 7.16. The summed E-state index contributed by atoms with van der Waals surface area (Å²) in [7, 11) is 0. The number of hydrogen-bond acceptors (Lipinski definition) is 6. The Morgan fingerprint density at radius 3 is 2.67 bits per heavy atom. The van der Waals surface area contributed by atoms with Gasteiger partial charge >= 0.3 is 0 Å². The highest BCUT2D eigenvalue weighted by molar-refractivity contribution is 7.98. The summed E-state index contributed by atoms with van der Waals surface area (Å²) in [6.07, 6.45) is 5.63.